The van der Waals surface area contributed by atoms with Crippen molar-refractivity contribution >= 4 is 0 Å². The van der Waals surface area contributed by atoms with Crippen LogP contribution < -0.4 is 4.74 Å². The van der Waals surface area contributed by atoms with Crippen LogP contribution in [0.4, 0.5) is 0 Å². The second kappa shape index (κ2) is 7.03. The first-order valence-corrected chi connectivity index (χ1v) is 6.58. The molecule has 2 aromatic rings. The second-order valence-electron chi connectivity index (χ2n) is 4.85. The number of aliphatic hydroxyl groups excluding tert-OH is 1. The van der Waals surface area contributed by atoms with Gasteiger partial charge in [-0.15, -0.1) is 0 Å². The van der Waals surface area contributed by atoms with Gasteiger partial charge < -0.3 is 9.84 Å². The molecule has 0 amide bonds. The highest BCUT2D eigenvalue weighted by molar-refractivity contribution is 5.29. The van der Waals surface area contributed by atoms with Gasteiger partial charge in [-0.3, -0.25) is 9.88 Å². The molecule has 0 aliphatic carbocycles. The molecule has 0 spiro atoms. The van der Waals surface area contributed by atoms with E-state index in [2.05, 4.69) is 9.88 Å². The van der Waals surface area contributed by atoms with Crippen molar-refractivity contribution in [3.63, 3.8) is 0 Å². The molecular weight excluding hydrogens is 252 g/mol. The second-order valence-corrected chi connectivity index (χ2v) is 4.85. The zero-order valence-electron chi connectivity index (χ0n) is 11.9. The molecule has 0 saturated carbocycles. The highest BCUT2D eigenvalue weighted by Gasteiger charge is 2.11. The van der Waals surface area contributed by atoms with E-state index in [4.69, 9.17) is 4.74 Å². The molecule has 4 heteroatoms. The zero-order valence-corrected chi connectivity index (χ0v) is 11.9. The first kappa shape index (κ1) is 14.5. The quantitative estimate of drug-likeness (QED) is 0.876. The third-order valence-corrected chi connectivity index (χ3v) is 3.14. The summed E-state index contributed by atoms with van der Waals surface area (Å²) >= 11 is 0. The lowest BCUT2D eigenvalue weighted by Gasteiger charge is -2.21. The Morgan fingerprint density at radius 2 is 2.15 bits per heavy atom. The summed E-state index contributed by atoms with van der Waals surface area (Å²) in [5.74, 6) is 0.761. The molecule has 1 atom stereocenters. The molecule has 1 heterocycles. The summed E-state index contributed by atoms with van der Waals surface area (Å²) in [5.41, 5.74) is 2.00. The Bertz CT molecular complexity index is 531. The Labute approximate surface area is 119 Å². The van der Waals surface area contributed by atoms with E-state index in [-0.39, 0.29) is 0 Å². The largest absolute Gasteiger partial charge is 0.497 e. The number of likely N-dealkylation sites (N-methyl/N-ethyl adjacent to an activating group) is 1. The van der Waals surface area contributed by atoms with Gasteiger partial charge in [-0.05, 0) is 36.4 Å². The van der Waals surface area contributed by atoms with Crippen molar-refractivity contribution in [2.75, 3.05) is 20.7 Å². The Kier molecular flexibility index (Phi) is 5.09. The summed E-state index contributed by atoms with van der Waals surface area (Å²) in [7, 11) is 3.61. The molecule has 0 fully saturated rings. The van der Waals surface area contributed by atoms with Crippen molar-refractivity contribution in [2.24, 2.45) is 0 Å². The number of aromatic nitrogens is 1. The van der Waals surface area contributed by atoms with Crippen LogP contribution in [-0.4, -0.2) is 35.7 Å². The minimum absolute atomic E-state index is 0.535. The number of methoxy groups -OCH3 is 1. The van der Waals surface area contributed by atoms with Crippen molar-refractivity contribution in [1.82, 2.24) is 9.88 Å². The topological polar surface area (TPSA) is 45.6 Å². The van der Waals surface area contributed by atoms with Crippen LogP contribution in [0.2, 0.25) is 0 Å². The number of benzene rings is 1. The Hall–Kier alpha value is -1.91. The van der Waals surface area contributed by atoms with Gasteiger partial charge in [0.15, 0.2) is 0 Å². The van der Waals surface area contributed by atoms with Crippen LogP contribution in [0.15, 0.2) is 48.8 Å². The number of ether oxygens (including phenoxy) is 1. The fraction of sp³-hybridized carbons (Fsp3) is 0.312. The average molecular weight is 272 g/mol. The van der Waals surface area contributed by atoms with Crippen LogP contribution in [-0.2, 0) is 6.54 Å². The van der Waals surface area contributed by atoms with E-state index < -0.39 is 6.10 Å². The smallest absolute Gasteiger partial charge is 0.119 e. The monoisotopic (exact) mass is 272 g/mol. The van der Waals surface area contributed by atoms with Crippen LogP contribution >= 0.6 is 0 Å². The highest BCUT2D eigenvalue weighted by atomic mass is 16.5. The molecule has 2 rings (SSSR count). The number of pyridine rings is 1. The minimum Gasteiger partial charge on any atom is -0.497 e. The van der Waals surface area contributed by atoms with E-state index in [0.717, 1.165) is 23.4 Å². The number of hydrogen-bond donors (Lipinski definition) is 1. The molecule has 1 N–H and O–H groups in total. The van der Waals surface area contributed by atoms with Gasteiger partial charge in [-0.2, -0.15) is 0 Å². The van der Waals surface area contributed by atoms with Crippen molar-refractivity contribution in [1.29, 1.82) is 0 Å². The molecule has 0 aliphatic rings. The highest BCUT2D eigenvalue weighted by Crippen LogP contribution is 2.20. The fourth-order valence-electron chi connectivity index (χ4n) is 2.12. The zero-order chi connectivity index (χ0) is 14.4. The molecule has 0 aliphatic heterocycles. The predicted molar refractivity (Wildman–Crippen MR) is 78.5 cm³/mol. The molecule has 1 aromatic carbocycles. The summed E-state index contributed by atoms with van der Waals surface area (Å²) in [4.78, 5) is 6.16. The first-order valence-electron chi connectivity index (χ1n) is 6.58. The fourth-order valence-corrected chi connectivity index (χ4v) is 2.12. The number of nitrogens with zero attached hydrogens (tertiary/aromatic N) is 2. The van der Waals surface area contributed by atoms with Gasteiger partial charge in [0.05, 0.1) is 13.2 Å². The average Bonchev–Trinajstić information content (AvgIpc) is 2.48. The van der Waals surface area contributed by atoms with Crippen LogP contribution in [0.5, 0.6) is 5.75 Å². The third kappa shape index (κ3) is 4.05. The predicted octanol–water partition coefficient (Wildman–Crippen LogP) is 2.26. The molecule has 4 nitrogen and oxygen atoms in total. The first-order chi connectivity index (χ1) is 9.69. The Morgan fingerprint density at radius 3 is 2.85 bits per heavy atom. The molecule has 106 valence electrons. The molecule has 0 bridgehead atoms. The van der Waals surface area contributed by atoms with Crippen molar-refractivity contribution < 1.29 is 9.84 Å². The lowest BCUT2D eigenvalue weighted by atomic mass is 10.1. The van der Waals surface area contributed by atoms with Gasteiger partial charge in [-0.25, -0.2) is 0 Å². The van der Waals surface area contributed by atoms with Gasteiger partial charge in [0.2, 0.25) is 0 Å². The molecule has 0 radical (unpaired) electrons. The van der Waals surface area contributed by atoms with Crippen molar-refractivity contribution in [2.45, 2.75) is 12.6 Å². The van der Waals surface area contributed by atoms with Crippen molar-refractivity contribution in [3.05, 3.63) is 59.9 Å². The maximum atomic E-state index is 10.3. The van der Waals surface area contributed by atoms with E-state index in [1.54, 1.807) is 13.3 Å². The summed E-state index contributed by atoms with van der Waals surface area (Å²) in [5, 5.41) is 10.3. The Balaban J connectivity index is 1.94. The summed E-state index contributed by atoms with van der Waals surface area (Å²) in [6.07, 6.45) is 3.06. The van der Waals surface area contributed by atoms with Gasteiger partial charge in [0.1, 0.15) is 5.75 Å². The molecule has 20 heavy (non-hydrogen) atoms. The van der Waals surface area contributed by atoms with Gasteiger partial charge in [-0.1, -0.05) is 18.2 Å². The maximum absolute atomic E-state index is 10.3. The van der Waals surface area contributed by atoms with Gasteiger partial charge >= 0.3 is 0 Å². The number of aliphatic hydroxyl groups is 1. The van der Waals surface area contributed by atoms with Crippen LogP contribution in [0.1, 0.15) is 17.2 Å². The molecule has 1 unspecified atom stereocenters. The maximum Gasteiger partial charge on any atom is 0.119 e. The lowest BCUT2D eigenvalue weighted by Crippen LogP contribution is -2.24. The van der Waals surface area contributed by atoms with E-state index in [9.17, 15) is 5.11 Å². The summed E-state index contributed by atoms with van der Waals surface area (Å²) < 4.78 is 5.17. The summed E-state index contributed by atoms with van der Waals surface area (Å²) in [6.45, 7) is 1.32. The molecule has 0 saturated heterocycles. The number of rotatable bonds is 6. The minimum atomic E-state index is -0.535. The lowest BCUT2D eigenvalue weighted by molar-refractivity contribution is 0.123. The SMILES string of the molecule is COc1cccc(C(O)CN(C)Cc2cccnc2)c1. The number of hydrogen-bond acceptors (Lipinski definition) is 4. The normalized spacial score (nSPS) is 12.4. The molecule has 1 aromatic heterocycles. The third-order valence-electron chi connectivity index (χ3n) is 3.14. The van der Waals surface area contributed by atoms with E-state index in [0.29, 0.717) is 6.54 Å². The van der Waals surface area contributed by atoms with Crippen LogP contribution in [0.25, 0.3) is 0 Å². The van der Waals surface area contributed by atoms with Gasteiger partial charge in [0, 0.05) is 25.5 Å². The van der Waals surface area contributed by atoms with Gasteiger partial charge in [0.25, 0.3) is 0 Å². The van der Waals surface area contributed by atoms with E-state index in [1.165, 1.54) is 0 Å². The standard InChI is InChI=1S/C16H20N2O2/c1-18(11-13-5-4-8-17-10-13)12-16(19)14-6-3-7-15(9-14)20-2/h3-10,16,19H,11-12H2,1-2H3. The summed E-state index contributed by atoms with van der Waals surface area (Å²) in [6, 6.07) is 11.5. The van der Waals surface area contributed by atoms with Crippen LogP contribution in [0.3, 0.4) is 0 Å². The van der Waals surface area contributed by atoms with Crippen LogP contribution in [0, 0.1) is 0 Å². The van der Waals surface area contributed by atoms with Crippen molar-refractivity contribution in [3.8, 4) is 5.75 Å². The Morgan fingerprint density at radius 1 is 1.30 bits per heavy atom. The van der Waals surface area contributed by atoms with E-state index >= 15 is 0 Å². The van der Waals surface area contributed by atoms with E-state index in [1.807, 2.05) is 49.6 Å². The molecular formula is C16H20N2O2.